The third kappa shape index (κ3) is 2.74. The average Bonchev–Trinajstić information content (AvgIpc) is 2.57. The predicted molar refractivity (Wildman–Crippen MR) is 87.0 cm³/mol. The lowest BCUT2D eigenvalue weighted by atomic mass is 9.87. The molecule has 21 heavy (non-hydrogen) atoms. The largest absolute Gasteiger partial charge is 0.381 e. The molecule has 0 fully saturated rings. The van der Waals surface area contributed by atoms with Crippen LogP contribution < -0.4 is 0 Å². The third-order valence-corrected chi connectivity index (χ3v) is 3.89. The van der Waals surface area contributed by atoms with E-state index < -0.39 is 5.60 Å². The molecule has 0 aromatic heterocycles. The van der Waals surface area contributed by atoms with Crippen molar-refractivity contribution in [3.63, 3.8) is 0 Å². The maximum Gasteiger partial charge on any atom is 0.112 e. The van der Waals surface area contributed by atoms with Gasteiger partial charge in [-0.3, -0.25) is 0 Å². The highest BCUT2D eigenvalue weighted by atomic mass is 16.3. The van der Waals surface area contributed by atoms with Crippen molar-refractivity contribution in [2.45, 2.75) is 12.5 Å². The normalized spacial score (nSPS) is 13.6. The van der Waals surface area contributed by atoms with Crippen molar-refractivity contribution in [3.05, 3.63) is 96.1 Å². The van der Waals surface area contributed by atoms with E-state index in [-0.39, 0.29) is 0 Å². The number of benzene rings is 3. The van der Waals surface area contributed by atoms with Crippen LogP contribution in [0.4, 0.5) is 0 Å². The Bertz CT molecular complexity index is 698. The van der Waals surface area contributed by atoms with E-state index in [4.69, 9.17) is 0 Å². The summed E-state index contributed by atoms with van der Waals surface area (Å²) in [6.07, 6.45) is 0. The highest BCUT2D eigenvalue weighted by Gasteiger charge is 2.24. The van der Waals surface area contributed by atoms with Gasteiger partial charge in [0.1, 0.15) is 5.60 Å². The summed E-state index contributed by atoms with van der Waals surface area (Å²) in [5.41, 5.74) is 3.16. The predicted octanol–water partition coefficient (Wildman–Crippen LogP) is 4.61. The summed E-state index contributed by atoms with van der Waals surface area (Å²) in [4.78, 5) is 0. The van der Waals surface area contributed by atoms with E-state index in [2.05, 4.69) is 24.3 Å². The fraction of sp³-hybridized carbons (Fsp3) is 0.100. The first-order valence-corrected chi connectivity index (χ1v) is 7.12. The topological polar surface area (TPSA) is 20.2 Å². The average molecular weight is 274 g/mol. The fourth-order valence-corrected chi connectivity index (χ4v) is 2.55. The van der Waals surface area contributed by atoms with E-state index in [0.29, 0.717) is 0 Å². The van der Waals surface area contributed by atoms with Gasteiger partial charge in [0.2, 0.25) is 0 Å². The van der Waals surface area contributed by atoms with E-state index in [1.54, 1.807) is 0 Å². The molecule has 0 aliphatic carbocycles. The highest BCUT2D eigenvalue weighted by molar-refractivity contribution is 5.63. The van der Waals surface area contributed by atoms with Crippen LogP contribution in [-0.4, -0.2) is 5.11 Å². The Morgan fingerprint density at radius 3 is 1.57 bits per heavy atom. The standard InChI is InChI=1S/C20H18O/c1-20(21,18-10-6-3-7-11-18)19-14-12-17(13-15-19)16-8-4-2-5-9-16/h2-15,21H,1H3. The number of rotatable bonds is 3. The van der Waals surface area contributed by atoms with E-state index in [1.165, 1.54) is 5.56 Å². The van der Waals surface area contributed by atoms with Gasteiger partial charge in [0.15, 0.2) is 0 Å². The molecule has 1 atom stereocenters. The molecule has 3 aromatic rings. The molecule has 1 heteroatoms. The van der Waals surface area contributed by atoms with Crippen LogP contribution in [0.2, 0.25) is 0 Å². The molecular weight excluding hydrogens is 256 g/mol. The Balaban J connectivity index is 1.94. The molecular formula is C20H18O. The van der Waals surface area contributed by atoms with E-state index in [1.807, 2.05) is 67.6 Å². The van der Waals surface area contributed by atoms with Gasteiger partial charge in [0.05, 0.1) is 0 Å². The van der Waals surface area contributed by atoms with Crippen LogP contribution in [-0.2, 0) is 5.60 Å². The second-order valence-corrected chi connectivity index (χ2v) is 5.38. The SMILES string of the molecule is CC(O)(c1ccccc1)c1ccc(-c2ccccc2)cc1. The van der Waals surface area contributed by atoms with Gasteiger partial charge in [-0.15, -0.1) is 0 Å². The molecule has 0 aliphatic rings. The van der Waals surface area contributed by atoms with Crippen LogP contribution in [0.5, 0.6) is 0 Å². The van der Waals surface area contributed by atoms with Gasteiger partial charge in [-0.2, -0.15) is 0 Å². The van der Waals surface area contributed by atoms with Crippen LogP contribution >= 0.6 is 0 Å². The molecule has 0 heterocycles. The summed E-state index contributed by atoms with van der Waals surface area (Å²) in [7, 11) is 0. The molecule has 1 unspecified atom stereocenters. The van der Waals surface area contributed by atoms with Crippen molar-refractivity contribution in [2.24, 2.45) is 0 Å². The first kappa shape index (κ1) is 13.6. The summed E-state index contributed by atoms with van der Waals surface area (Å²) >= 11 is 0. The maximum absolute atomic E-state index is 10.8. The Labute approximate surface area is 125 Å². The first-order chi connectivity index (χ1) is 10.2. The second-order valence-electron chi connectivity index (χ2n) is 5.38. The zero-order valence-corrected chi connectivity index (χ0v) is 12.0. The lowest BCUT2D eigenvalue weighted by Crippen LogP contribution is -2.22. The lowest BCUT2D eigenvalue weighted by Gasteiger charge is -2.24. The number of aliphatic hydroxyl groups is 1. The monoisotopic (exact) mass is 274 g/mol. The van der Waals surface area contributed by atoms with Crippen LogP contribution in [0.25, 0.3) is 11.1 Å². The van der Waals surface area contributed by atoms with Gasteiger partial charge < -0.3 is 5.11 Å². The molecule has 0 saturated heterocycles. The second kappa shape index (κ2) is 5.55. The van der Waals surface area contributed by atoms with Gasteiger partial charge in [-0.05, 0) is 29.2 Å². The fourth-order valence-electron chi connectivity index (χ4n) is 2.55. The van der Waals surface area contributed by atoms with Gasteiger partial charge in [-0.25, -0.2) is 0 Å². The van der Waals surface area contributed by atoms with Crippen molar-refractivity contribution in [1.82, 2.24) is 0 Å². The zero-order valence-electron chi connectivity index (χ0n) is 12.0. The Morgan fingerprint density at radius 1 is 0.571 bits per heavy atom. The first-order valence-electron chi connectivity index (χ1n) is 7.12. The van der Waals surface area contributed by atoms with Crippen molar-refractivity contribution in [2.75, 3.05) is 0 Å². The molecule has 0 amide bonds. The van der Waals surface area contributed by atoms with Gasteiger partial charge in [0.25, 0.3) is 0 Å². The summed E-state index contributed by atoms with van der Waals surface area (Å²) in [5.74, 6) is 0. The van der Waals surface area contributed by atoms with Crippen LogP contribution in [0.15, 0.2) is 84.9 Å². The zero-order chi connectivity index (χ0) is 14.7. The molecule has 0 spiro atoms. The summed E-state index contributed by atoms with van der Waals surface area (Å²) in [6.45, 7) is 1.83. The molecule has 0 radical (unpaired) electrons. The van der Waals surface area contributed by atoms with Crippen LogP contribution in [0.3, 0.4) is 0 Å². The van der Waals surface area contributed by atoms with E-state index >= 15 is 0 Å². The van der Waals surface area contributed by atoms with Crippen molar-refractivity contribution < 1.29 is 5.11 Å². The molecule has 104 valence electrons. The van der Waals surface area contributed by atoms with Crippen molar-refractivity contribution in [3.8, 4) is 11.1 Å². The van der Waals surface area contributed by atoms with Crippen LogP contribution in [0, 0.1) is 0 Å². The van der Waals surface area contributed by atoms with Crippen molar-refractivity contribution in [1.29, 1.82) is 0 Å². The summed E-state index contributed by atoms with van der Waals surface area (Å²) in [5, 5.41) is 10.8. The summed E-state index contributed by atoms with van der Waals surface area (Å²) < 4.78 is 0. The van der Waals surface area contributed by atoms with Gasteiger partial charge >= 0.3 is 0 Å². The maximum atomic E-state index is 10.8. The minimum absolute atomic E-state index is 0.897. The number of hydrogen-bond donors (Lipinski definition) is 1. The lowest BCUT2D eigenvalue weighted by molar-refractivity contribution is 0.102. The Morgan fingerprint density at radius 2 is 1.00 bits per heavy atom. The molecule has 1 N–H and O–H groups in total. The van der Waals surface area contributed by atoms with Crippen LogP contribution in [0.1, 0.15) is 18.1 Å². The highest BCUT2D eigenvalue weighted by Crippen LogP contribution is 2.30. The van der Waals surface area contributed by atoms with Gasteiger partial charge in [0, 0.05) is 0 Å². The Hall–Kier alpha value is -2.38. The molecule has 0 saturated carbocycles. The minimum Gasteiger partial charge on any atom is -0.381 e. The molecule has 3 rings (SSSR count). The molecule has 0 aliphatic heterocycles. The van der Waals surface area contributed by atoms with Crippen molar-refractivity contribution >= 4 is 0 Å². The van der Waals surface area contributed by atoms with Gasteiger partial charge in [-0.1, -0.05) is 84.9 Å². The smallest absolute Gasteiger partial charge is 0.112 e. The van der Waals surface area contributed by atoms with E-state index in [0.717, 1.165) is 16.7 Å². The molecule has 0 bridgehead atoms. The summed E-state index contributed by atoms with van der Waals surface area (Å²) in [6, 6.07) is 28.1. The number of hydrogen-bond acceptors (Lipinski definition) is 1. The molecule has 3 aromatic carbocycles. The quantitative estimate of drug-likeness (QED) is 0.739. The third-order valence-electron chi connectivity index (χ3n) is 3.89. The minimum atomic E-state index is -0.976. The Kier molecular flexibility index (Phi) is 3.59. The van der Waals surface area contributed by atoms with E-state index in [9.17, 15) is 5.11 Å². The molecule has 1 nitrogen and oxygen atoms in total.